The summed E-state index contributed by atoms with van der Waals surface area (Å²) >= 11 is 0. The summed E-state index contributed by atoms with van der Waals surface area (Å²) in [6.07, 6.45) is 0.902. The third kappa shape index (κ3) is 2.65. The molecule has 1 amide bonds. The lowest BCUT2D eigenvalue weighted by Crippen LogP contribution is -2.44. The van der Waals surface area contributed by atoms with E-state index in [9.17, 15) is 13.6 Å². The average Bonchev–Trinajstić information content (AvgIpc) is 2.85. The summed E-state index contributed by atoms with van der Waals surface area (Å²) in [4.78, 5) is 13.8. The van der Waals surface area contributed by atoms with E-state index in [4.69, 9.17) is 0 Å². The molecule has 2 heterocycles. The fraction of sp³-hybridized carbons (Fsp3) is 0.500. The van der Waals surface area contributed by atoms with Crippen LogP contribution in [0.15, 0.2) is 18.2 Å². The standard InChI is InChI=1S/C14H16F2N2O.ClH/c15-11-2-1-3-12(16)13(11)14(19)18-5-4-9-6-17-7-10(9)8-18;/h1-3,9-10,17H,4-8H2;1H. The van der Waals surface area contributed by atoms with Crippen molar-refractivity contribution in [3.8, 4) is 0 Å². The molecule has 2 unspecified atom stereocenters. The number of fused-ring (bicyclic) bond motifs is 1. The Morgan fingerprint density at radius 1 is 1.20 bits per heavy atom. The van der Waals surface area contributed by atoms with Crippen LogP contribution >= 0.6 is 12.4 Å². The van der Waals surface area contributed by atoms with Crippen LogP contribution in [0.2, 0.25) is 0 Å². The second-order valence-electron chi connectivity index (χ2n) is 5.31. The smallest absolute Gasteiger partial charge is 0.259 e. The Hall–Kier alpha value is -1.20. The summed E-state index contributed by atoms with van der Waals surface area (Å²) in [5, 5.41) is 3.30. The number of likely N-dealkylation sites (tertiary alicyclic amines) is 1. The number of piperidine rings is 1. The van der Waals surface area contributed by atoms with Crippen LogP contribution in [0.1, 0.15) is 16.8 Å². The summed E-state index contributed by atoms with van der Waals surface area (Å²) in [6.45, 7) is 3.04. The Labute approximate surface area is 122 Å². The number of hydrogen-bond donors (Lipinski definition) is 1. The molecule has 1 aromatic rings. The van der Waals surface area contributed by atoms with E-state index in [0.717, 1.165) is 31.6 Å². The van der Waals surface area contributed by atoms with Gasteiger partial charge in [-0.1, -0.05) is 6.07 Å². The first-order chi connectivity index (χ1) is 9.16. The van der Waals surface area contributed by atoms with Gasteiger partial charge in [-0.05, 0) is 43.5 Å². The number of rotatable bonds is 1. The van der Waals surface area contributed by atoms with Crippen LogP contribution in [0.3, 0.4) is 0 Å². The maximum absolute atomic E-state index is 13.6. The van der Waals surface area contributed by atoms with Crippen LogP contribution in [-0.4, -0.2) is 37.0 Å². The van der Waals surface area contributed by atoms with E-state index in [0.29, 0.717) is 24.9 Å². The zero-order valence-corrected chi connectivity index (χ0v) is 11.8. The highest BCUT2D eigenvalue weighted by atomic mass is 35.5. The van der Waals surface area contributed by atoms with Crippen molar-refractivity contribution < 1.29 is 13.6 Å². The molecule has 1 N–H and O–H groups in total. The summed E-state index contributed by atoms with van der Waals surface area (Å²) < 4.78 is 27.2. The fourth-order valence-corrected chi connectivity index (χ4v) is 3.08. The first-order valence-corrected chi connectivity index (χ1v) is 6.61. The molecule has 2 fully saturated rings. The lowest BCUT2D eigenvalue weighted by Gasteiger charge is -2.34. The largest absolute Gasteiger partial charge is 0.338 e. The number of benzene rings is 1. The summed E-state index contributed by atoms with van der Waals surface area (Å²) in [5.41, 5.74) is -0.424. The highest BCUT2D eigenvalue weighted by molar-refractivity contribution is 5.94. The molecule has 1 aromatic carbocycles. The van der Waals surface area contributed by atoms with Crippen molar-refractivity contribution in [3.05, 3.63) is 35.4 Å². The van der Waals surface area contributed by atoms with Gasteiger partial charge in [0.05, 0.1) is 0 Å². The molecule has 6 heteroatoms. The number of carbonyl (C=O) groups excluding carboxylic acids is 1. The van der Waals surface area contributed by atoms with E-state index in [-0.39, 0.29) is 12.4 Å². The fourth-order valence-electron chi connectivity index (χ4n) is 3.08. The van der Waals surface area contributed by atoms with Crippen molar-refractivity contribution in [2.45, 2.75) is 6.42 Å². The van der Waals surface area contributed by atoms with Crippen molar-refractivity contribution in [3.63, 3.8) is 0 Å². The molecule has 2 atom stereocenters. The molecule has 3 rings (SSSR count). The maximum Gasteiger partial charge on any atom is 0.259 e. The van der Waals surface area contributed by atoms with Gasteiger partial charge in [0.2, 0.25) is 0 Å². The molecule has 20 heavy (non-hydrogen) atoms. The van der Waals surface area contributed by atoms with Crippen LogP contribution in [-0.2, 0) is 0 Å². The van der Waals surface area contributed by atoms with E-state index < -0.39 is 23.1 Å². The Morgan fingerprint density at radius 3 is 2.55 bits per heavy atom. The SMILES string of the molecule is Cl.O=C(c1c(F)cccc1F)N1CCC2CNCC2C1. The lowest BCUT2D eigenvalue weighted by molar-refractivity contribution is 0.0632. The minimum absolute atomic E-state index is 0. The molecule has 0 aliphatic carbocycles. The van der Waals surface area contributed by atoms with E-state index in [2.05, 4.69) is 5.32 Å². The molecule has 0 bridgehead atoms. The number of amides is 1. The van der Waals surface area contributed by atoms with Crippen LogP contribution in [0, 0.1) is 23.5 Å². The second kappa shape index (κ2) is 6.06. The first-order valence-electron chi connectivity index (χ1n) is 6.61. The molecule has 110 valence electrons. The molecule has 2 aliphatic heterocycles. The molecular formula is C14H17ClF2N2O. The van der Waals surface area contributed by atoms with Gasteiger partial charge in [-0.25, -0.2) is 8.78 Å². The van der Waals surface area contributed by atoms with Crippen molar-refractivity contribution in [1.82, 2.24) is 10.2 Å². The topological polar surface area (TPSA) is 32.3 Å². The Kier molecular flexibility index (Phi) is 4.60. The third-order valence-corrected chi connectivity index (χ3v) is 4.17. The predicted molar refractivity (Wildman–Crippen MR) is 74.0 cm³/mol. The second-order valence-corrected chi connectivity index (χ2v) is 5.31. The van der Waals surface area contributed by atoms with E-state index in [1.54, 1.807) is 4.90 Å². The zero-order chi connectivity index (χ0) is 13.4. The monoisotopic (exact) mass is 302 g/mol. The molecular weight excluding hydrogens is 286 g/mol. The molecule has 2 saturated heterocycles. The van der Waals surface area contributed by atoms with Crippen molar-refractivity contribution in [2.75, 3.05) is 26.2 Å². The lowest BCUT2D eigenvalue weighted by atomic mass is 9.88. The highest BCUT2D eigenvalue weighted by Crippen LogP contribution is 2.28. The van der Waals surface area contributed by atoms with Crippen LogP contribution in [0.25, 0.3) is 0 Å². The summed E-state index contributed by atoms with van der Waals surface area (Å²) in [7, 11) is 0. The molecule has 0 radical (unpaired) electrons. The molecule has 0 spiro atoms. The zero-order valence-electron chi connectivity index (χ0n) is 10.9. The molecule has 0 aromatic heterocycles. The Balaban J connectivity index is 0.00000147. The van der Waals surface area contributed by atoms with E-state index in [1.807, 2.05) is 0 Å². The normalized spacial score (nSPS) is 25.0. The van der Waals surface area contributed by atoms with Crippen molar-refractivity contribution in [2.24, 2.45) is 11.8 Å². The number of halogens is 3. The van der Waals surface area contributed by atoms with Crippen LogP contribution in [0.5, 0.6) is 0 Å². The van der Waals surface area contributed by atoms with Gasteiger partial charge in [0.15, 0.2) is 0 Å². The van der Waals surface area contributed by atoms with Crippen molar-refractivity contribution >= 4 is 18.3 Å². The number of carbonyl (C=O) groups is 1. The van der Waals surface area contributed by atoms with E-state index >= 15 is 0 Å². The van der Waals surface area contributed by atoms with Gasteiger partial charge in [0.25, 0.3) is 5.91 Å². The van der Waals surface area contributed by atoms with Gasteiger partial charge in [0.1, 0.15) is 17.2 Å². The van der Waals surface area contributed by atoms with Gasteiger partial charge in [-0.15, -0.1) is 12.4 Å². The highest BCUT2D eigenvalue weighted by Gasteiger charge is 2.35. The summed E-state index contributed by atoms with van der Waals surface area (Å²) in [5.74, 6) is -1.09. The quantitative estimate of drug-likeness (QED) is 0.861. The minimum Gasteiger partial charge on any atom is -0.338 e. The van der Waals surface area contributed by atoms with Gasteiger partial charge >= 0.3 is 0 Å². The number of nitrogens with one attached hydrogen (secondary N) is 1. The molecule has 0 saturated carbocycles. The van der Waals surface area contributed by atoms with Crippen molar-refractivity contribution in [1.29, 1.82) is 0 Å². The molecule has 3 nitrogen and oxygen atoms in total. The third-order valence-electron chi connectivity index (χ3n) is 4.17. The van der Waals surface area contributed by atoms with Gasteiger partial charge in [-0.3, -0.25) is 4.79 Å². The van der Waals surface area contributed by atoms with Gasteiger partial charge in [-0.2, -0.15) is 0 Å². The van der Waals surface area contributed by atoms with Gasteiger partial charge < -0.3 is 10.2 Å². The van der Waals surface area contributed by atoms with Crippen LogP contribution in [0.4, 0.5) is 8.78 Å². The predicted octanol–water partition coefficient (Wildman–Crippen LogP) is 2.07. The molecule has 2 aliphatic rings. The Bertz CT molecular complexity index is 492. The van der Waals surface area contributed by atoms with Gasteiger partial charge in [0, 0.05) is 13.1 Å². The van der Waals surface area contributed by atoms with Crippen LogP contribution < -0.4 is 5.32 Å². The Morgan fingerprint density at radius 2 is 1.85 bits per heavy atom. The summed E-state index contributed by atoms with van der Waals surface area (Å²) in [6, 6.07) is 3.52. The van der Waals surface area contributed by atoms with E-state index in [1.165, 1.54) is 6.07 Å². The maximum atomic E-state index is 13.6. The first kappa shape index (κ1) is 15.2. The number of hydrogen-bond acceptors (Lipinski definition) is 2. The minimum atomic E-state index is -0.781. The average molecular weight is 303 g/mol. The number of nitrogens with zero attached hydrogens (tertiary/aromatic N) is 1.